The normalized spacial score (nSPS) is 19.3. The Morgan fingerprint density at radius 3 is 2.48 bits per heavy atom. The van der Waals surface area contributed by atoms with Gasteiger partial charge in [0.1, 0.15) is 6.04 Å². The van der Waals surface area contributed by atoms with E-state index in [1.54, 1.807) is 10.9 Å². The molecule has 0 bridgehead atoms. The van der Waals surface area contributed by atoms with E-state index in [2.05, 4.69) is 34.7 Å². The molecule has 1 unspecified atom stereocenters. The first-order valence-corrected chi connectivity index (χ1v) is 8.59. The topological polar surface area (TPSA) is 62.2 Å². The summed E-state index contributed by atoms with van der Waals surface area (Å²) in [6.07, 6.45) is 11.0. The van der Waals surface area contributed by atoms with Gasteiger partial charge in [0, 0.05) is 30.9 Å². The molecule has 1 atom stereocenters. The van der Waals surface area contributed by atoms with Crippen molar-refractivity contribution in [1.29, 1.82) is 0 Å². The summed E-state index contributed by atoms with van der Waals surface area (Å²) in [5, 5.41) is 10.4. The first kappa shape index (κ1) is 17.9. The zero-order valence-corrected chi connectivity index (χ0v) is 14.9. The van der Waals surface area contributed by atoms with Crippen molar-refractivity contribution in [1.82, 2.24) is 25.3 Å². The molecule has 23 heavy (non-hydrogen) atoms. The summed E-state index contributed by atoms with van der Waals surface area (Å²) in [5.41, 5.74) is 0.978. The number of carbonyl (C=O) groups excluding carboxylic acids is 1. The van der Waals surface area contributed by atoms with Crippen LogP contribution in [-0.4, -0.2) is 53.8 Å². The summed E-state index contributed by atoms with van der Waals surface area (Å²) in [5.74, 6) is 0.0194. The lowest BCUT2D eigenvalue weighted by Crippen LogP contribution is -2.53. The van der Waals surface area contributed by atoms with Gasteiger partial charge in [-0.3, -0.25) is 9.48 Å². The molecule has 1 fully saturated rings. The fourth-order valence-corrected chi connectivity index (χ4v) is 3.56. The first-order valence-electron chi connectivity index (χ1n) is 8.59. The number of aryl methyl sites for hydroxylation is 1. The Balaban J connectivity index is 2.02. The van der Waals surface area contributed by atoms with Crippen molar-refractivity contribution in [2.75, 3.05) is 27.7 Å². The molecule has 0 aromatic carbocycles. The van der Waals surface area contributed by atoms with Gasteiger partial charge in [0.05, 0.1) is 6.20 Å². The van der Waals surface area contributed by atoms with Crippen LogP contribution in [0.3, 0.4) is 0 Å². The van der Waals surface area contributed by atoms with Gasteiger partial charge in [-0.1, -0.05) is 25.7 Å². The van der Waals surface area contributed by atoms with E-state index in [-0.39, 0.29) is 17.5 Å². The Morgan fingerprint density at radius 1 is 1.35 bits per heavy atom. The summed E-state index contributed by atoms with van der Waals surface area (Å²) < 4.78 is 1.72. The highest BCUT2D eigenvalue weighted by atomic mass is 16.2. The molecule has 1 amide bonds. The van der Waals surface area contributed by atoms with Gasteiger partial charge in [-0.15, -0.1) is 0 Å². The molecule has 2 rings (SSSR count). The quantitative estimate of drug-likeness (QED) is 0.779. The number of aromatic nitrogens is 2. The fraction of sp³-hybridized carbons (Fsp3) is 0.765. The number of amides is 1. The van der Waals surface area contributed by atoms with Gasteiger partial charge in [-0.05, 0) is 34.0 Å². The zero-order valence-electron chi connectivity index (χ0n) is 14.9. The van der Waals surface area contributed by atoms with Crippen LogP contribution in [0.4, 0.5) is 0 Å². The van der Waals surface area contributed by atoms with Crippen LogP contribution in [0, 0.1) is 0 Å². The molecule has 1 aromatic heterocycles. The Hall–Kier alpha value is -1.40. The van der Waals surface area contributed by atoms with Crippen molar-refractivity contribution >= 4 is 5.91 Å². The number of hydrogen-bond acceptors (Lipinski definition) is 4. The smallest absolute Gasteiger partial charge is 0.241 e. The van der Waals surface area contributed by atoms with Crippen LogP contribution in [0.5, 0.6) is 0 Å². The zero-order chi connectivity index (χ0) is 16.9. The van der Waals surface area contributed by atoms with Gasteiger partial charge < -0.3 is 15.5 Å². The molecule has 1 aliphatic rings. The van der Waals surface area contributed by atoms with Gasteiger partial charge in [0.15, 0.2) is 0 Å². The van der Waals surface area contributed by atoms with Gasteiger partial charge in [0.2, 0.25) is 5.91 Å². The second kappa shape index (κ2) is 7.93. The second-order valence-electron chi connectivity index (χ2n) is 6.92. The molecule has 1 aliphatic carbocycles. The molecule has 0 radical (unpaired) electrons. The fourth-order valence-electron chi connectivity index (χ4n) is 3.56. The van der Waals surface area contributed by atoms with Crippen LogP contribution in [0.25, 0.3) is 0 Å². The Bertz CT molecular complexity index is 503. The summed E-state index contributed by atoms with van der Waals surface area (Å²) in [7, 11) is 7.94. The third-order valence-corrected chi connectivity index (χ3v) is 5.18. The van der Waals surface area contributed by atoms with E-state index in [1.807, 2.05) is 20.3 Å². The average molecular weight is 321 g/mol. The van der Waals surface area contributed by atoms with Crippen molar-refractivity contribution < 1.29 is 4.79 Å². The molecule has 1 saturated carbocycles. The molecule has 2 N–H and O–H groups in total. The molecular formula is C17H31N5O. The third-order valence-electron chi connectivity index (χ3n) is 5.18. The number of nitrogens with zero attached hydrogens (tertiary/aromatic N) is 3. The van der Waals surface area contributed by atoms with E-state index in [4.69, 9.17) is 0 Å². The molecule has 0 saturated heterocycles. The van der Waals surface area contributed by atoms with E-state index < -0.39 is 0 Å². The van der Waals surface area contributed by atoms with E-state index in [1.165, 1.54) is 25.7 Å². The standard InChI is InChI=1S/C17H31N5O/c1-18-15(14-11-20-22(4)12-14)16(23)19-13-17(21(2)3)9-7-5-6-8-10-17/h11-12,15,18H,5-10,13H2,1-4H3,(H,19,23). The molecule has 6 nitrogen and oxygen atoms in total. The Morgan fingerprint density at radius 2 is 2.00 bits per heavy atom. The molecule has 130 valence electrons. The average Bonchev–Trinajstić information content (AvgIpc) is 2.80. The Kier molecular flexibility index (Phi) is 6.18. The van der Waals surface area contributed by atoms with E-state index in [9.17, 15) is 4.79 Å². The van der Waals surface area contributed by atoms with Gasteiger partial charge in [-0.25, -0.2) is 0 Å². The maximum absolute atomic E-state index is 12.6. The number of carbonyl (C=O) groups is 1. The van der Waals surface area contributed by atoms with Gasteiger partial charge in [-0.2, -0.15) is 5.10 Å². The lowest BCUT2D eigenvalue weighted by Gasteiger charge is -2.40. The van der Waals surface area contributed by atoms with E-state index >= 15 is 0 Å². The van der Waals surface area contributed by atoms with Crippen molar-refractivity contribution in [3.8, 4) is 0 Å². The van der Waals surface area contributed by atoms with E-state index in [0.29, 0.717) is 6.54 Å². The van der Waals surface area contributed by atoms with Gasteiger partial charge >= 0.3 is 0 Å². The first-order chi connectivity index (χ1) is 11.0. The maximum atomic E-state index is 12.6. The highest BCUT2D eigenvalue weighted by Gasteiger charge is 2.34. The molecule has 1 heterocycles. The van der Waals surface area contributed by atoms with Gasteiger partial charge in [0.25, 0.3) is 0 Å². The summed E-state index contributed by atoms with van der Waals surface area (Å²) >= 11 is 0. The molecule has 0 aliphatic heterocycles. The highest BCUT2D eigenvalue weighted by molar-refractivity contribution is 5.83. The van der Waals surface area contributed by atoms with Crippen LogP contribution >= 0.6 is 0 Å². The highest BCUT2D eigenvalue weighted by Crippen LogP contribution is 2.30. The van der Waals surface area contributed by atoms with Crippen LogP contribution in [-0.2, 0) is 11.8 Å². The number of likely N-dealkylation sites (N-methyl/N-ethyl adjacent to an activating group) is 2. The summed E-state index contributed by atoms with van der Waals surface area (Å²) in [6.45, 7) is 0.706. The van der Waals surface area contributed by atoms with Crippen molar-refractivity contribution in [2.45, 2.75) is 50.1 Å². The lowest BCUT2D eigenvalue weighted by atomic mass is 9.88. The number of rotatable bonds is 6. The van der Waals surface area contributed by atoms with Crippen molar-refractivity contribution in [3.05, 3.63) is 18.0 Å². The van der Waals surface area contributed by atoms with Crippen LogP contribution < -0.4 is 10.6 Å². The maximum Gasteiger partial charge on any atom is 0.241 e. The second-order valence-corrected chi connectivity index (χ2v) is 6.92. The lowest BCUT2D eigenvalue weighted by molar-refractivity contribution is -0.123. The monoisotopic (exact) mass is 321 g/mol. The van der Waals surface area contributed by atoms with Crippen molar-refractivity contribution in [2.24, 2.45) is 7.05 Å². The molecule has 0 spiro atoms. The Labute approximate surface area is 139 Å². The minimum Gasteiger partial charge on any atom is -0.353 e. The number of hydrogen-bond donors (Lipinski definition) is 2. The van der Waals surface area contributed by atoms with Crippen LogP contribution in [0.15, 0.2) is 12.4 Å². The summed E-state index contributed by atoms with van der Waals surface area (Å²) in [6, 6.07) is -0.353. The third kappa shape index (κ3) is 4.32. The largest absolute Gasteiger partial charge is 0.353 e. The number of nitrogens with one attached hydrogen (secondary N) is 2. The predicted molar refractivity (Wildman–Crippen MR) is 92.1 cm³/mol. The van der Waals surface area contributed by atoms with Crippen LogP contribution in [0.2, 0.25) is 0 Å². The van der Waals surface area contributed by atoms with E-state index in [0.717, 1.165) is 18.4 Å². The predicted octanol–water partition coefficient (Wildman–Crippen LogP) is 1.45. The summed E-state index contributed by atoms with van der Waals surface area (Å²) in [4.78, 5) is 15.0. The minimum absolute atomic E-state index is 0.0194. The molecule has 6 heteroatoms. The minimum atomic E-state index is -0.353. The molecule has 1 aromatic rings. The molecular weight excluding hydrogens is 290 g/mol. The van der Waals surface area contributed by atoms with Crippen LogP contribution in [0.1, 0.15) is 50.1 Å². The SMILES string of the molecule is CNC(C(=O)NCC1(N(C)C)CCCCCC1)c1cnn(C)c1. The van der Waals surface area contributed by atoms with Crippen molar-refractivity contribution in [3.63, 3.8) is 0 Å².